The van der Waals surface area contributed by atoms with Crippen molar-refractivity contribution in [2.24, 2.45) is 0 Å². The molecule has 0 bridgehead atoms. The standard InChI is InChI=1S/C18H18O3P/c19-22(20-17-9-7-13-3-1-5-15(13)11-17)21-18-10-8-14-4-2-6-16(14)12-18/h7-12H,1-6H2. The highest BCUT2D eigenvalue weighted by Crippen LogP contribution is 2.35. The van der Waals surface area contributed by atoms with Gasteiger partial charge in [-0.05, 0) is 85.0 Å². The molecule has 22 heavy (non-hydrogen) atoms. The number of fused-ring (bicyclic) bond motifs is 2. The maximum Gasteiger partial charge on any atom is 0.492 e. The third-order valence-corrected chi connectivity index (χ3v) is 5.22. The van der Waals surface area contributed by atoms with E-state index in [1.165, 1.54) is 35.1 Å². The Bertz CT molecular complexity index is 678. The molecule has 0 aliphatic heterocycles. The molecule has 0 saturated carbocycles. The van der Waals surface area contributed by atoms with Crippen LogP contribution >= 0.6 is 8.25 Å². The van der Waals surface area contributed by atoms with Crippen LogP contribution in [0.5, 0.6) is 11.5 Å². The van der Waals surface area contributed by atoms with Gasteiger partial charge in [0.15, 0.2) is 0 Å². The van der Waals surface area contributed by atoms with Gasteiger partial charge in [0.2, 0.25) is 0 Å². The van der Waals surface area contributed by atoms with Gasteiger partial charge in [0.1, 0.15) is 11.5 Å². The SMILES string of the molecule is O=[P](Oc1ccc2c(c1)CCC2)Oc1ccc2c(c1)CCC2. The van der Waals surface area contributed by atoms with Crippen LogP contribution in [0.25, 0.3) is 0 Å². The lowest BCUT2D eigenvalue weighted by molar-refractivity contribution is 0.415. The molecule has 2 aromatic rings. The largest absolute Gasteiger partial charge is 0.492 e. The van der Waals surface area contributed by atoms with E-state index in [9.17, 15) is 4.57 Å². The topological polar surface area (TPSA) is 35.5 Å². The lowest BCUT2D eigenvalue weighted by Gasteiger charge is -2.08. The van der Waals surface area contributed by atoms with E-state index >= 15 is 0 Å². The molecular weight excluding hydrogens is 295 g/mol. The summed E-state index contributed by atoms with van der Waals surface area (Å²) >= 11 is 0. The van der Waals surface area contributed by atoms with Gasteiger partial charge < -0.3 is 9.05 Å². The van der Waals surface area contributed by atoms with Crippen molar-refractivity contribution in [2.45, 2.75) is 38.5 Å². The van der Waals surface area contributed by atoms with Gasteiger partial charge >= 0.3 is 8.25 Å². The summed E-state index contributed by atoms with van der Waals surface area (Å²) in [6.45, 7) is 0. The molecule has 0 heterocycles. The molecule has 2 aliphatic carbocycles. The highest BCUT2D eigenvalue weighted by atomic mass is 31.1. The van der Waals surface area contributed by atoms with Crippen LogP contribution < -0.4 is 9.05 Å². The van der Waals surface area contributed by atoms with Gasteiger partial charge in [0.05, 0.1) is 0 Å². The van der Waals surface area contributed by atoms with E-state index in [0.29, 0.717) is 11.5 Å². The van der Waals surface area contributed by atoms with Crippen LogP contribution in [0.3, 0.4) is 0 Å². The number of benzene rings is 2. The minimum absolute atomic E-state index is 0.628. The lowest BCUT2D eigenvalue weighted by atomic mass is 10.1. The van der Waals surface area contributed by atoms with Crippen molar-refractivity contribution in [1.82, 2.24) is 0 Å². The summed E-state index contributed by atoms with van der Waals surface area (Å²) in [4.78, 5) is 0. The molecule has 0 atom stereocenters. The van der Waals surface area contributed by atoms with Crippen molar-refractivity contribution >= 4 is 8.25 Å². The van der Waals surface area contributed by atoms with Gasteiger partial charge in [0.25, 0.3) is 0 Å². The molecule has 0 amide bonds. The fourth-order valence-electron chi connectivity index (χ4n) is 3.40. The van der Waals surface area contributed by atoms with Crippen molar-refractivity contribution in [3.8, 4) is 11.5 Å². The van der Waals surface area contributed by atoms with E-state index in [-0.39, 0.29) is 0 Å². The summed E-state index contributed by atoms with van der Waals surface area (Å²) in [6.07, 6.45) is 6.80. The monoisotopic (exact) mass is 313 g/mol. The smallest absolute Gasteiger partial charge is 0.389 e. The Labute approximate surface area is 131 Å². The average Bonchev–Trinajstić information content (AvgIpc) is 3.14. The highest BCUT2D eigenvalue weighted by molar-refractivity contribution is 7.34. The van der Waals surface area contributed by atoms with Crippen LogP contribution in [0.4, 0.5) is 0 Å². The third kappa shape index (κ3) is 2.74. The minimum atomic E-state index is -2.20. The quantitative estimate of drug-likeness (QED) is 0.762. The molecule has 4 heteroatoms. The minimum Gasteiger partial charge on any atom is -0.389 e. The van der Waals surface area contributed by atoms with Crippen molar-refractivity contribution in [1.29, 1.82) is 0 Å². The third-order valence-electron chi connectivity index (χ3n) is 4.50. The van der Waals surface area contributed by atoms with Crippen molar-refractivity contribution in [3.05, 3.63) is 58.7 Å². The van der Waals surface area contributed by atoms with Crippen LogP contribution in [0, 0.1) is 0 Å². The molecular formula is C18H18O3P. The van der Waals surface area contributed by atoms with E-state index in [2.05, 4.69) is 12.1 Å². The Hall–Kier alpha value is -1.86. The average molecular weight is 313 g/mol. The van der Waals surface area contributed by atoms with E-state index < -0.39 is 8.25 Å². The highest BCUT2D eigenvalue weighted by Gasteiger charge is 2.15. The zero-order valence-electron chi connectivity index (χ0n) is 12.4. The van der Waals surface area contributed by atoms with E-state index in [4.69, 9.17) is 9.05 Å². The summed E-state index contributed by atoms with van der Waals surface area (Å²) in [7, 11) is -2.20. The Kier molecular flexibility index (Phi) is 3.59. The Balaban J connectivity index is 1.44. The first-order valence-corrected chi connectivity index (χ1v) is 8.94. The summed E-state index contributed by atoms with van der Waals surface area (Å²) in [6, 6.07) is 11.9. The zero-order valence-corrected chi connectivity index (χ0v) is 13.3. The Morgan fingerprint density at radius 1 is 0.682 bits per heavy atom. The molecule has 3 nitrogen and oxygen atoms in total. The first-order chi connectivity index (χ1) is 10.8. The van der Waals surface area contributed by atoms with Gasteiger partial charge in [-0.3, -0.25) is 0 Å². The van der Waals surface area contributed by atoms with Crippen LogP contribution in [-0.2, 0) is 30.2 Å². The second-order valence-electron chi connectivity index (χ2n) is 5.97. The van der Waals surface area contributed by atoms with Gasteiger partial charge in [-0.1, -0.05) is 12.1 Å². The molecule has 113 valence electrons. The predicted molar refractivity (Wildman–Crippen MR) is 85.8 cm³/mol. The van der Waals surface area contributed by atoms with E-state index in [1.807, 2.05) is 24.3 Å². The molecule has 2 aliphatic rings. The van der Waals surface area contributed by atoms with E-state index in [1.54, 1.807) is 0 Å². The van der Waals surface area contributed by atoms with Gasteiger partial charge in [0, 0.05) is 0 Å². The lowest BCUT2D eigenvalue weighted by Crippen LogP contribution is -1.92. The maximum atomic E-state index is 12.1. The molecule has 0 aromatic heterocycles. The van der Waals surface area contributed by atoms with Crippen LogP contribution in [-0.4, -0.2) is 0 Å². The van der Waals surface area contributed by atoms with Crippen molar-refractivity contribution in [2.75, 3.05) is 0 Å². The molecule has 0 saturated heterocycles. The van der Waals surface area contributed by atoms with Gasteiger partial charge in [-0.15, -0.1) is 0 Å². The normalized spacial score (nSPS) is 15.3. The summed E-state index contributed by atoms with van der Waals surface area (Å²) < 4.78 is 23.0. The molecule has 0 fully saturated rings. The first-order valence-electron chi connectivity index (χ1n) is 7.85. The molecule has 0 spiro atoms. The van der Waals surface area contributed by atoms with Crippen LogP contribution in [0.1, 0.15) is 35.1 Å². The van der Waals surface area contributed by atoms with Crippen LogP contribution in [0.2, 0.25) is 0 Å². The predicted octanol–water partition coefficient (Wildman–Crippen LogP) is 4.78. The fraction of sp³-hybridized carbons (Fsp3) is 0.333. The zero-order chi connectivity index (χ0) is 14.9. The van der Waals surface area contributed by atoms with Gasteiger partial charge in [-0.2, -0.15) is 4.57 Å². The molecule has 1 radical (unpaired) electrons. The molecule has 2 aromatic carbocycles. The maximum absolute atomic E-state index is 12.1. The summed E-state index contributed by atoms with van der Waals surface area (Å²) in [5.41, 5.74) is 5.36. The Morgan fingerprint density at radius 3 is 1.64 bits per heavy atom. The summed E-state index contributed by atoms with van der Waals surface area (Å²) in [5.74, 6) is 1.26. The van der Waals surface area contributed by atoms with Crippen molar-refractivity contribution < 1.29 is 13.6 Å². The second kappa shape index (κ2) is 5.73. The van der Waals surface area contributed by atoms with Crippen molar-refractivity contribution in [3.63, 3.8) is 0 Å². The molecule has 0 N–H and O–H groups in total. The Morgan fingerprint density at radius 2 is 1.14 bits per heavy atom. The number of rotatable bonds is 4. The number of hydrogen-bond acceptors (Lipinski definition) is 3. The first kappa shape index (κ1) is 13.8. The number of hydrogen-bond donors (Lipinski definition) is 0. The number of aryl methyl sites for hydroxylation is 4. The fourth-order valence-corrected chi connectivity index (χ4v) is 4.01. The van der Waals surface area contributed by atoms with Gasteiger partial charge in [-0.25, -0.2) is 0 Å². The van der Waals surface area contributed by atoms with E-state index in [0.717, 1.165) is 25.7 Å². The second-order valence-corrected chi connectivity index (χ2v) is 6.79. The molecule has 4 rings (SSSR count). The summed E-state index contributed by atoms with van der Waals surface area (Å²) in [5, 5.41) is 0. The molecule has 0 unspecified atom stereocenters. The van der Waals surface area contributed by atoms with Crippen LogP contribution in [0.15, 0.2) is 36.4 Å².